The zero-order valence-corrected chi connectivity index (χ0v) is 11.4. The standard InChI is InChI=1S/C12H27N3O/c1-10-6-12(8-13,9-14(10)3)15(4)11(2)7-16-5/h10-11H,6-9,13H2,1-5H3. The molecule has 1 fully saturated rings. The predicted octanol–water partition coefficient (Wildman–Crippen LogP) is 0.375. The van der Waals surface area contributed by atoms with E-state index < -0.39 is 0 Å². The quantitative estimate of drug-likeness (QED) is 0.740. The molecule has 0 spiro atoms. The van der Waals surface area contributed by atoms with E-state index in [9.17, 15) is 0 Å². The number of methoxy groups -OCH3 is 1. The van der Waals surface area contributed by atoms with Crippen LogP contribution in [0.2, 0.25) is 0 Å². The van der Waals surface area contributed by atoms with Crippen molar-refractivity contribution in [2.75, 3.05) is 40.9 Å². The summed E-state index contributed by atoms with van der Waals surface area (Å²) in [6, 6.07) is 1.02. The average Bonchev–Trinajstić information content (AvgIpc) is 2.55. The molecule has 1 saturated heterocycles. The van der Waals surface area contributed by atoms with Crippen molar-refractivity contribution in [3.8, 4) is 0 Å². The highest BCUT2D eigenvalue weighted by Crippen LogP contribution is 2.31. The van der Waals surface area contributed by atoms with Crippen LogP contribution in [0.5, 0.6) is 0 Å². The van der Waals surface area contributed by atoms with E-state index in [1.165, 1.54) is 0 Å². The molecule has 2 N–H and O–H groups in total. The van der Waals surface area contributed by atoms with Gasteiger partial charge in [-0.2, -0.15) is 0 Å². The summed E-state index contributed by atoms with van der Waals surface area (Å²) < 4.78 is 5.23. The van der Waals surface area contributed by atoms with Crippen LogP contribution < -0.4 is 5.73 Å². The van der Waals surface area contributed by atoms with Gasteiger partial charge in [0.2, 0.25) is 0 Å². The lowest BCUT2D eigenvalue weighted by Gasteiger charge is -2.41. The van der Waals surface area contributed by atoms with Gasteiger partial charge in [0, 0.05) is 37.8 Å². The molecule has 3 atom stereocenters. The van der Waals surface area contributed by atoms with E-state index in [1.807, 2.05) is 0 Å². The molecular formula is C12H27N3O. The fraction of sp³-hybridized carbons (Fsp3) is 1.00. The number of ether oxygens (including phenoxy) is 1. The maximum Gasteiger partial charge on any atom is 0.0615 e. The van der Waals surface area contributed by atoms with Gasteiger partial charge in [-0.1, -0.05) is 0 Å². The molecule has 0 bridgehead atoms. The van der Waals surface area contributed by atoms with Gasteiger partial charge in [-0.05, 0) is 34.4 Å². The largest absolute Gasteiger partial charge is 0.383 e. The van der Waals surface area contributed by atoms with Crippen molar-refractivity contribution in [1.82, 2.24) is 9.80 Å². The van der Waals surface area contributed by atoms with Gasteiger partial charge in [-0.15, -0.1) is 0 Å². The van der Waals surface area contributed by atoms with Crippen LogP contribution in [0.4, 0.5) is 0 Å². The minimum absolute atomic E-state index is 0.117. The van der Waals surface area contributed by atoms with Gasteiger partial charge in [0.25, 0.3) is 0 Å². The molecule has 1 heterocycles. The van der Waals surface area contributed by atoms with Crippen molar-refractivity contribution in [3.63, 3.8) is 0 Å². The van der Waals surface area contributed by atoms with Gasteiger partial charge in [0.05, 0.1) is 6.61 Å². The van der Waals surface area contributed by atoms with Crippen molar-refractivity contribution >= 4 is 0 Å². The Morgan fingerprint density at radius 3 is 2.62 bits per heavy atom. The summed E-state index contributed by atoms with van der Waals surface area (Å²) in [5, 5.41) is 0. The van der Waals surface area contributed by atoms with Gasteiger partial charge in [-0.3, -0.25) is 4.90 Å². The third-order valence-electron chi connectivity index (χ3n) is 4.17. The van der Waals surface area contributed by atoms with Gasteiger partial charge in [-0.25, -0.2) is 0 Å². The molecule has 0 radical (unpaired) electrons. The lowest BCUT2D eigenvalue weighted by molar-refractivity contribution is 0.0432. The molecule has 0 aromatic rings. The van der Waals surface area contributed by atoms with E-state index in [0.29, 0.717) is 18.6 Å². The van der Waals surface area contributed by atoms with Crippen LogP contribution in [0.15, 0.2) is 0 Å². The first kappa shape index (κ1) is 13.9. The molecule has 0 aromatic carbocycles. The van der Waals surface area contributed by atoms with E-state index >= 15 is 0 Å². The number of hydrogen-bond acceptors (Lipinski definition) is 4. The minimum atomic E-state index is 0.117. The zero-order valence-electron chi connectivity index (χ0n) is 11.4. The minimum Gasteiger partial charge on any atom is -0.383 e. The van der Waals surface area contributed by atoms with Crippen molar-refractivity contribution in [2.24, 2.45) is 5.73 Å². The van der Waals surface area contributed by atoms with Gasteiger partial charge in [0.1, 0.15) is 0 Å². The smallest absolute Gasteiger partial charge is 0.0615 e. The van der Waals surface area contributed by atoms with E-state index in [0.717, 1.165) is 19.6 Å². The number of hydrogen-bond donors (Lipinski definition) is 1. The zero-order chi connectivity index (χ0) is 12.3. The number of nitrogens with zero attached hydrogens (tertiary/aromatic N) is 2. The van der Waals surface area contributed by atoms with Gasteiger partial charge < -0.3 is 15.4 Å². The lowest BCUT2D eigenvalue weighted by atomic mass is 9.93. The summed E-state index contributed by atoms with van der Waals surface area (Å²) in [6.45, 7) is 6.99. The predicted molar refractivity (Wildman–Crippen MR) is 67.6 cm³/mol. The van der Waals surface area contributed by atoms with E-state index in [1.54, 1.807) is 7.11 Å². The van der Waals surface area contributed by atoms with Crippen molar-refractivity contribution < 1.29 is 4.74 Å². The molecule has 16 heavy (non-hydrogen) atoms. The van der Waals surface area contributed by atoms with Crippen molar-refractivity contribution in [1.29, 1.82) is 0 Å². The highest BCUT2D eigenvalue weighted by atomic mass is 16.5. The monoisotopic (exact) mass is 229 g/mol. The van der Waals surface area contributed by atoms with Crippen LogP contribution in [-0.2, 0) is 4.74 Å². The van der Waals surface area contributed by atoms with Gasteiger partial charge >= 0.3 is 0 Å². The molecule has 0 aliphatic carbocycles. The molecule has 1 aliphatic rings. The Labute approximate surface area is 99.7 Å². The van der Waals surface area contributed by atoms with Crippen LogP contribution in [-0.4, -0.2) is 68.3 Å². The summed E-state index contributed by atoms with van der Waals surface area (Å²) in [6.07, 6.45) is 1.14. The SMILES string of the molecule is COCC(C)N(C)C1(CN)CC(C)N(C)C1. The summed E-state index contributed by atoms with van der Waals surface area (Å²) in [5.74, 6) is 0. The summed E-state index contributed by atoms with van der Waals surface area (Å²) in [4.78, 5) is 4.79. The Hall–Kier alpha value is -0.160. The first-order valence-electron chi connectivity index (χ1n) is 6.09. The van der Waals surface area contributed by atoms with E-state index in [4.69, 9.17) is 10.5 Å². The summed E-state index contributed by atoms with van der Waals surface area (Å²) >= 11 is 0. The Morgan fingerprint density at radius 2 is 2.25 bits per heavy atom. The first-order chi connectivity index (χ1) is 7.46. The second kappa shape index (κ2) is 5.45. The first-order valence-corrected chi connectivity index (χ1v) is 6.09. The number of likely N-dealkylation sites (tertiary alicyclic amines) is 1. The lowest BCUT2D eigenvalue weighted by Crippen LogP contribution is -2.57. The van der Waals surface area contributed by atoms with E-state index in [2.05, 4.69) is 37.7 Å². The highest BCUT2D eigenvalue weighted by molar-refractivity contribution is 5.02. The molecule has 0 aromatic heterocycles. The molecule has 0 amide bonds. The maximum atomic E-state index is 6.02. The third kappa shape index (κ3) is 2.56. The topological polar surface area (TPSA) is 41.7 Å². The Morgan fingerprint density at radius 1 is 1.62 bits per heavy atom. The molecule has 1 rings (SSSR count). The molecular weight excluding hydrogens is 202 g/mol. The second-order valence-electron chi connectivity index (χ2n) is 5.31. The normalized spacial score (nSPS) is 33.6. The molecule has 1 aliphatic heterocycles. The third-order valence-corrected chi connectivity index (χ3v) is 4.17. The van der Waals surface area contributed by atoms with Crippen LogP contribution in [0.1, 0.15) is 20.3 Å². The summed E-state index contributed by atoms with van der Waals surface area (Å²) in [5.41, 5.74) is 6.14. The van der Waals surface area contributed by atoms with Gasteiger partial charge in [0.15, 0.2) is 0 Å². The Balaban J connectivity index is 2.73. The number of rotatable bonds is 5. The average molecular weight is 229 g/mol. The maximum absolute atomic E-state index is 6.02. The fourth-order valence-corrected chi connectivity index (χ4v) is 2.76. The Bertz CT molecular complexity index is 212. The van der Waals surface area contributed by atoms with Crippen molar-refractivity contribution in [3.05, 3.63) is 0 Å². The fourth-order valence-electron chi connectivity index (χ4n) is 2.76. The van der Waals surface area contributed by atoms with Crippen LogP contribution in [0, 0.1) is 0 Å². The van der Waals surface area contributed by atoms with Crippen molar-refractivity contribution in [2.45, 2.75) is 37.9 Å². The molecule has 3 unspecified atom stereocenters. The van der Waals surface area contributed by atoms with Crippen LogP contribution >= 0.6 is 0 Å². The Kier molecular flexibility index (Phi) is 4.73. The number of nitrogens with two attached hydrogens (primary N) is 1. The highest BCUT2D eigenvalue weighted by Gasteiger charge is 2.43. The number of likely N-dealkylation sites (N-methyl/N-ethyl adjacent to an activating group) is 2. The molecule has 96 valence electrons. The molecule has 4 nitrogen and oxygen atoms in total. The summed E-state index contributed by atoms with van der Waals surface area (Å²) in [7, 11) is 6.10. The van der Waals surface area contributed by atoms with Crippen LogP contribution in [0.3, 0.4) is 0 Å². The van der Waals surface area contributed by atoms with E-state index in [-0.39, 0.29) is 5.54 Å². The molecule has 4 heteroatoms. The second-order valence-corrected chi connectivity index (χ2v) is 5.31. The van der Waals surface area contributed by atoms with Crippen LogP contribution in [0.25, 0.3) is 0 Å². The molecule has 0 saturated carbocycles.